The molecule has 0 spiro atoms. The lowest BCUT2D eigenvalue weighted by molar-refractivity contribution is -0.128. The molecule has 2 atom stereocenters. The van der Waals surface area contributed by atoms with E-state index in [1.54, 1.807) is 12.1 Å². The zero-order valence-corrected chi connectivity index (χ0v) is 23.9. The van der Waals surface area contributed by atoms with Gasteiger partial charge < -0.3 is 20.9 Å². The van der Waals surface area contributed by atoms with Gasteiger partial charge in [0.2, 0.25) is 17.7 Å². The van der Waals surface area contributed by atoms with Crippen LogP contribution in [0.4, 0.5) is 0 Å². The van der Waals surface area contributed by atoms with Crippen molar-refractivity contribution >= 4 is 36.9 Å². The number of benzene rings is 2. The van der Waals surface area contributed by atoms with Crippen LogP contribution >= 0.6 is 19.2 Å². The first-order valence-electron chi connectivity index (χ1n) is 12.7. The molecule has 1 aromatic heterocycles. The van der Waals surface area contributed by atoms with E-state index in [0.717, 1.165) is 16.9 Å². The number of phosphoric acid groups is 1. The number of nitrogens with zero attached hydrogens (tertiary/aromatic N) is 1. The lowest BCUT2D eigenvalue weighted by Gasteiger charge is -2.21. The second kappa shape index (κ2) is 14.2. The Morgan fingerprint density at radius 3 is 2.27 bits per heavy atom. The Morgan fingerprint density at radius 1 is 1.02 bits per heavy atom. The van der Waals surface area contributed by atoms with Gasteiger partial charge in [-0.25, -0.2) is 9.55 Å². The Morgan fingerprint density at radius 2 is 1.70 bits per heavy atom. The average Bonchev–Trinajstić information content (AvgIpc) is 3.27. The number of aryl methyl sites for hydroxylation is 2. The van der Waals surface area contributed by atoms with Crippen molar-refractivity contribution in [3.63, 3.8) is 0 Å². The smallest absolute Gasteiger partial charge is 0.404 e. The van der Waals surface area contributed by atoms with E-state index < -0.39 is 37.6 Å². The van der Waals surface area contributed by atoms with Crippen LogP contribution in [0.1, 0.15) is 53.0 Å². The lowest BCUT2D eigenvalue weighted by atomic mass is 10.0. The second-order valence-corrected chi connectivity index (χ2v) is 11.5. The molecule has 11 nitrogen and oxygen atoms in total. The average molecular weight is 589 g/mol. The maximum absolute atomic E-state index is 13.3. The number of carbonyl (C=O) groups is 3. The van der Waals surface area contributed by atoms with Gasteiger partial charge in [-0.15, -0.1) is 11.3 Å². The highest BCUT2D eigenvalue weighted by Gasteiger charge is 2.26. The van der Waals surface area contributed by atoms with Gasteiger partial charge in [-0.3, -0.25) is 24.2 Å². The monoisotopic (exact) mass is 588 g/mol. The van der Waals surface area contributed by atoms with Gasteiger partial charge in [0, 0.05) is 18.2 Å². The lowest BCUT2D eigenvalue weighted by Crippen LogP contribution is -2.48. The van der Waals surface area contributed by atoms with Crippen LogP contribution in [0.25, 0.3) is 0 Å². The van der Waals surface area contributed by atoms with Crippen LogP contribution in [0.2, 0.25) is 0 Å². The molecule has 0 bridgehead atoms. The predicted octanol–water partition coefficient (Wildman–Crippen LogP) is 2.74. The number of hydrogen-bond acceptors (Lipinski definition) is 7. The molecular weight excluding hydrogens is 555 g/mol. The normalized spacial score (nSPS) is 12.8. The topological polar surface area (TPSA) is 181 Å². The third-order valence-corrected chi connectivity index (χ3v) is 7.64. The van der Waals surface area contributed by atoms with Crippen LogP contribution < -0.4 is 20.9 Å². The van der Waals surface area contributed by atoms with Crippen LogP contribution in [0.3, 0.4) is 0 Å². The Kier molecular flexibility index (Phi) is 11.0. The van der Waals surface area contributed by atoms with Crippen molar-refractivity contribution in [3.05, 3.63) is 81.3 Å². The third kappa shape index (κ3) is 9.87. The summed E-state index contributed by atoms with van der Waals surface area (Å²) in [6.07, 6.45) is 2.09. The molecule has 0 saturated carbocycles. The number of thiazole rings is 1. The van der Waals surface area contributed by atoms with E-state index in [9.17, 15) is 18.9 Å². The molecule has 0 saturated heterocycles. The van der Waals surface area contributed by atoms with Gasteiger partial charge in [0.25, 0.3) is 0 Å². The maximum Gasteiger partial charge on any atom is 0.524 e. The Bertz CT molecular complexity index is 1360. The summed E-state index contributed by atoms with van der Waals surface area (Å²) in [5.41, 5.74) is 7.87. The number of amides is 3. The van der Waals surface area contributed by atoms with Gasteiger partial charge in [0.15, 0.2) is 0 Å². The molecule has 0 radical (unpaired) electrons. The van der Waals surface area contributed by atoms with Gasteiger partial charge in [0.05, 0.1) is 18.2 Å². The number of rotatable bonds is 14. The van der Waals surface area contributed by atoms with E-state index in [4.69, 9.17) is 15.5 Å². The Balaban J connectivity index is 1.76. The first kappa shape index (κ1) is 31.0. The molecule has 3 rings (SSSR count). The molecule has 13 heteroatoms. The fraction of sp³-hybridized carbons (Fsp3) is 0.333. The first-order chi connectivity index (χ1) is 18.9. The molecular formula is C27H33N4O7PS. The minimum Gasteiger partial charge on any atom is -0.404 e. The van der Waals surface area contributed by atoms with Crippen LogP contribution in [0, 0.1) is 0 Å². The molecule has 6 N–H and O–H groups in total. The standard InChI is InChI=1S/C27H33N4O7PS/c1-3-21(27-31-22(16-25(28)33)24(40-27)14-11-18-7-5-4-6-8-18)30-26(34)23(29-17(2)32)15-19-9-12-20(13-10-19)38-39(35,36)37/h4-10,12-13,21,23H,3,11,14-16H2,1-2H3,(H2,28,33)(H,29,32)(H,30,34)(H2,35,36,37). The fourth-order valence-corrected chi connectivity index (χ4v) is 5.69. The summed E-state index contributed by atoms with van der Waals surface area (Å²) in [6.45, 7) is 3.21. The number of nitrogens with two attached hydrogens (primary N) is 1. The highest BCUT2D eigenvalue weighted by atomic mass is 32.1. The molecule has 40 heavy (non-hydrogen) atoms. The molecule has 0 aliphatic heterocycles. The van der Waals surface area contributed by atoms with E-state index in [0.29, 0.717) is 29.1 Å². The van der Waals surface area contributed by atoms with Crippen molar-refractivity contribution in [2.24, 2.45) is 5.73 Å². The Hall–Kier alpha value is -3.57. The predicted molar refractivity (Wildman–Crippen MR) is 150 cm³/mol. The Labute approximate surface area is 236 Å². The maximum atomic E-state index is 13.3. The summed E-state index contributed by atoms with van der Waals surface area (Å²) in [5, 5.41) is 6.28. The number of aromatic nitrogens is 1. The van der Waals surface area contributed by atoms with E-state index in [2.05, 4.69) is 20.1 Å². The summed E-state index contributed by atoms with van der Waals surface area (Å²) in [5.74, 6) is -1.33. The highest BCUT2D eigenvalue weighted by molar-refractivity contribution is 7.46. The van der Waals surface area contributed by atoms with E-state index in [-0.39, 0.29) is 18.6 Å². The van der Waals surface area contributed by atoms with E-state index in [1.807, 2.05) is 37.3 Å². The molecule has 2 aromatic carbocycles. The molecule has 3 aromatic rings. The number of hydrogen-bond donors (Lipinski definition) is 5. The van der Waals surface area contributed by atoms with Crippen molar-refractivity contribution in [1.82, 2.24) is 15.6 Å². The number of nitrogens with one attached hydrogen (secondary N) is 2. The number of primary amides is 1. The molecule has 2 unspecified atom stereocenters. The zero-order chi connectivity index (χ0) is 29.3. The van der Waals surface area contributed by atoms with Gasteiger partial charge in [-0.05, 0) is 42.5 Å². The van der Waals surface area contributed by atoms with Crippen LogP contribution in [0.15, 0.2) is 54.6 Å². The van der Waals surface area contributed by atoms with E-state index >= 15 is 0 Å². The summed E-state index contributed by atoms with van der Waals surface area (Å²) >= 11 is 1.43. The van der Waals surface area contributed by atoms with Crippen LogP contribution in [0.5, 0.6) is 5.75 Å². The summed E-state index contributed by atoms with van der Waals surface area (Å²) < 4.78 is 15.6. The molecule has 214 valence electrons. The minimum atomic E-state index is -4.70. The first-order valence-corrected chi connectivity index (χ1v) is 15.0. The summed E-state index contributed by atoms with van der Waals surface area (Å²) in [6, 6.07) is 14.4. The van der Waals surface area contributed by atoms with E-state index in [1.165, 1.54) is 30.4 Å². The van der Waals surface area contributed by atoms with Crippen LogP contribution in [-0.4, -0.2) is 38.5 Å². The molecule has 0 aliphatic carbocycles. The number of phosphoric ester groups is 1. The van der Waals surface area contributed by atoms with Crippen molar-refractivity contribution in [2.75, 3.05) is 0 Å². The van der Waals surface area contributed by atoms with Crippen molar-refractivity contribution in [2.45, 2.75) is 58.0 Å². The quantitative estimate of drug-likeness (QED) is 0.178. The third-order valence-electron chi connectivity index (χ3n) is 5.92. The SMILES string of the molecule is CCC(NC(=O)C(Cc1ccc(OP(=O)(O)O)cc1)NC(C)=O)c1nc(CC(N)=O)c(CCc2ccccc2)s1. The molecule has 1 heterocycles. The molecule has 0 aliphatic rings. The largest absolute Gasteiger partial charge is 0.524 e. The van der Waals surface area contributed by atoms with Crippen LogP contribution in [-0.2, 0) is 44.6 Å². The van der Waals surface area contributed by atoms with Gasteiger partial charge in [0.1, 0.15) is 16.8 Å². The highest BCUT2D eigenvalue weighted by Crippen LogP contribution is 2.37. The van der Waals surface area contributed by atoms with Crippen molar-refractivity contribution in [3.8, 4) is 5.75 Å². The number of carbonyl (C=O) groups excluding carboxylic acids is 3. The molecule has 3 amide bonds. The van der Waals surface area contributed by atoms with Crippen molar-refractivity contribution in [1.29, 1.82) is 0 Å². The molecule has 0 fully saturated rings. The fourth-order valence-electron chi connectivity index (χ4n) is 4.08. The van der Waals surface area contributed by atoms with Gasteiger partial charge in [-0.1, -0.05) is 49.4 Å². The minimum absolute atomic E-state index is 0.00124. The summed E-state index contributed by atoms with van der Waals surface area (Å²) in [4.78, 5) is 60.4. The van der Waals surface area contributed by atoms with Gasteiger partial charge >= 0.3 is 7.82 Å². The zero-order valence-electron chi connectivity index (χ0n) is 22.2. The summed E-state index contributed by atoms with van der Waals surface area (Å²) in [7, 11) is -4.70. The van der Waals surface area contributed by atoms with Crippen molar-refractivity contribution < 1.29 is 33.3 Å². The van der Waals surface area contributed by atoms with Gasteiger partial charge in [-0.2, -0.15) is 0 Å². The second-order valence-electron chi connectivity index (χ2n) is 9.20.